The third kappa shape index (κ3) is 2.33. The number of rotatable bonds is 4. The molecule has 16 heavy (non-hydrogen) atoms. The smallest absolute Gasteiger partial charge is 0.317 e. The average Bonchev–Trinajstić information content (AvgIpc) is 2.74. The Balaban J connectivity index is 2.03. The zero-order valence-corrected chi connectivity index (χ0v) is 9.10. The lowest BCUT2D eigenvalue weighted by atomic mass is 10.1. The third-order valence-electron chi connectivity index (χ3n) is 2.86. The first kappa shape index (κ1) is 11.0. The van der Waals surface area contributed by atoms with Gasteiger partial charge in [-0.3, -0.25) is 0 Å². The van der Waals surface area contributed by atoms with Gasteiger partial charge in [-0.25, -0.2) is 4.79 Å². The summed E-state index contributed by atoms with van der Waals surface area (Å²) in [7, 11) is 0. The van der Waals surface area contributed by atoms with Crippen molar-refractivity contribution in [2.75, 3.05) is 19.7 Å². The summed E-state index contributed by atoms with van der Waals surface area (Å²) in [4.78, 5) is 13.2. The van der Waals surface area contributed by atoms with Crippen molar-refractivity contribution in [3.8, 4) is 0 Å². The van der Waals surface area contributed by atoms with Gasteiger partial charge in [0.15, 0.2) is 0 Å². The zero-order chi connectivity index (χ0) is 11.4. The molecule has 0 saturated carbocycles. The number of carbonyl (C=O) groups is 1. The number of amides is 2. The lowest BCUT2D eigenvalue weighted by molar-refractivity contribution is 0.151. The van der Waals surface area contributed by atoms with Crippen LogP contribution >= 0.6 is 0 Å². The minimum Gasteiger partial charge on any atom is -0.394 e. The molecule has 0 spiro atoms. The molecule has 4 nitrogen and oxygen atoms in total. The summed E-state index contributed by atoms with van der Waals surface area (Å²) in [6.45, 7) is 1.35. The van der Waals surface area contributed by atoms with Crippen molar-refractivity contribution in [3.63, 3.8) is 0 Å². The van der Waals surface area contributed by atoms with E-state index >= 15 is 0 Å². The van der Waals surface area contributed by atoms with Crippen LogP contribution in [0.25, 0.3) is 0 Å². The molecule has 2 amide bonds. The largest absolute Gasteiger partial charge is 0.394 e. The molecule has 0 aromatic heterocycles. The van der Waals surface area contributed by atoms with Crippen LogP contribution in [0.4, 0.5) is 4.79 Å². The summed E-state index contributed by atoms with van der Waals surface area (Å²) in [5, 5.41) is 12.1. The molecule has 86 valence electrons. The Morgan fingerprint density at radius 1 is 1.38 bits per heavy atom. The van der Waals surface area contributed by atoms with Crippen molar-refractivity contribution >= 4 is 6.03 Å². The molecule has 1 aromatic rings. The second-order valence-corrected chi connectivity index (χ2v) is 3.95. The standard InChI is InChI=1S/C12H16N2O2/c15-9-11(14-7-6-13-12(14)16)8-10-4-2-1-3-5-10/h1-5,11,15H,6-9H2,(H,13,16). The van der Waals surface area contributed by atoms with Crippen LogP contribution in [0.3, 0.4) is 0 Å². The molecule has 2 rings (SSSR count). The molecule has 1 fully saturated rings. The van der Waals surface area contributed by atoms with Gasteiger partial charge in [0.1, 0.15) is 0 Å². The van der Waals surface area contributed by atoms with Gasteiger partial charge in [0.25, 0.3) is 0 Å². The SMILES string of the molecule is O=C1NCCN1C(CO)Cc1ccccc1. The van der Waals surface area contributed by atoms with Gasteiger partial charge in [-0.1, -0.05) is 30.3 Å². The average molecular weight is 220 g/mol. The van der Waals surface area contributed by atoms with Crippen LogP contribution in [0.2, 0.25) is 0 Å². The first-order valence-corrected chi connectivity index (χ1v) is 5.50. The molecular formula is C12H16N2O2. The van der Waals surface area contributed by atoms with E-state index in [1.807, 2.05) is 30.3 Å². The summed E-state index contributed by atoms with van der Waals surface area (Å²) in [5.41, 5.74) is 1.14. The van der Waals surface area contributed by atoms with Crippen LogP contribution in [0.5, 0.6) is 0 Å². The van der Waals surface area contributed by atoms with Gasteiger partial charge in [0, 0.05) is 13.1 Å². The maximum Gasteiger partial charge on any atom is 0.317 e. The van der Waals surface area contributed by atoms with Crippen molar-refractivity contribution in [2.24, 2.45) is 0 Å². The van der Waals surface area contributed by atoms with Crippen LogP contribution in [-0.2, 0) is 6.42 Å². The fraction of sp³-hybridized carbons (Fsp3) is 0.417. The van der Waals surface area contributed by atoms with Gasteiger partial charge in [-0.15, -0.1) is 0 Å². The van der Waals surface area contributed by atoms with Crippen molar-refractivity contribution in [1.29, 1.82) is 0 Å². The molecule has 1 atom stereocenters. The summed E-state index contributed by atoms with van der Waals surface area (Å²) < 4.78 is 0. The summed E-state index contributed by atoms with van der Waals surface area (Å²) in [5.74, 6) is 0. The third-order valence-corrected chi connectivity index (χ3v) is 2.86. The predicted octanol–water partition coefficient (Wildman–Crippen LogP) is 0.615. The molecule has 2 N–H and O–H groups in total. The van der Waals surface area contributed by atoms with Crippen LogP contribution < -0.4 is 5.32 Å². The van der Waals surface area contributed by atoms with Crippen molar-refractivity contribution in [1.82, 2.24) is 10.2 Å². The maximum atomic E-state index is 11.5. The van der Waals surface area contributed by atoms with Gasteiger partial charge < -0.3 is 15.3 Å². The first-order valence-electron chi connectivity index (χ1n) is 5.50. The quantitative estimate of drug-likeness (QED) is 0.781. The number of nitrogens with zero attached hydrogens (tertiary/aromatic N) is 1. The summed E-state index contributed by atoms with van der Waals surface area (Å²) in [6, 6.07) is 9.72. The molecule has 0 radical (unpaired) electrons. The Hall–Kier alpha value is -1.55. The van der Waals surface area contributed by atoms with Crippen LogP contribution in [0, 0.1) is 0 Å². The van der Waals surface area contributed by atoms with Gasteiger partial charge >= 0.3 is 6.03 Å². The van der Waals surface area contributed by atoms with Crippen molar-refractivity contribution < 1.29 is 9.90 Å². The Labute approximate surface area is 94.9 Å². The highest BCUT2D eigenvalue weighted by Gasteiger charge is 2.27. The Morgan fingerprint density at radius 2 is 2.12 bits per heavy atom. The second kappa shape index (κ2) is 4.99. The molecule has 4 heteroatoms. The number of urea groups is 1. The molecule has 1 heterocycles. The van der Waals surface area contributed by atoms with E-state index in [2.05, 4.69) is 5.32 Å². The van der Waals surface area contributed by atoms with Crippen LogP contribution in [0.15, 0.2) is 30.3 Å². The predicted molar refractivity (Wildman–Crippen MR) is 61.1 cm³/mol. The fourth-order valence-electron chi connectivity index (χ4n) is 1.99. The topological polar surface area (TPSA) is 52.6 Å². The normalized spacial score (nSPS) is 17.3. The van der Waals surface area contributed by atoms with Crippen LogP contribution in [-0.4, -0.2) is 41.8 Å². The van der Waals surface area contributed by atoms with E-state index in [0.29, 0.717) is 19.5 Å². The molecule has 0 aliphatic carbocycles. The van der Waals surface area contributed by atoms with E-state index in [0.717, 1.165) is 5.56 Å². The minimum atomic E-state index is -0.120. The van der Waals surface area contributed by atoms with Gasteiger partial charge in [-0.2, -0.15) is 0 Å². The van der Waals surface area contributed by atoms with Gasteiger partial charge in [-0.05, 0) is 12.0 Å². The highest BCUT2D eigenvalue weighted by atomic mass is 16.3. The molecule has 1 unspecified atom stereocenters. The van der Waals surface area contributed by atoms with E-state index in [1.54, 1.807) is 4.90 Å². The number of carbonyl (C=O) groups excluding carboxylic acids is 1. The van der Waals surface area contributed by atoms with E-state index in [1.165, 1.54) is 0 Å². The highest BCUT2D eigenvalue weighted by Crippen LogP contribution is 2.11. The van der Waals surface area contributed by atoms with Crippen molar-refractivity contribution in [2.45, 2.75) is 12.5 Å². The summed E-state index contributed by atoms with van der Waals surface area (Å²) in [6.07, 6.45) is 0.699. The molecular weight excluding hydrogens is 204 g/mol. The Morgan fingerprint density at radius 3 is 2.69 bits per heavy atom. The second-order valence-electron chi connectivity index (χ2n) is 3.95. The fourth-order valence-corrected chi connectivity index (χ4v) is 1.99. The lowest BCUT2D eigenvalue weighted by Gasteiger charge is -2.24. The van der Waals surface area contributed by atoms with E-state index in [4.69, 9.17) is 0 Å². The van der Waals surface area contributed by atoms with Crippen LogP contribution in [0.1, 0.15) is 5.56 Å². The van der Waals surface area contributed by atoms with E-state index in [9.17, 15) is 9.90 Å². The molecule has 1 aliphatic rings. The number of aliphatic hydroxyl groups excluding tert-OH is 1. The maximum absolute atomic E-state index is 11.5. The molecule has 1 saturated heterocycles. The lowest BCUT2D eigenvalue weighted by Crippen LogP contribution is -2.41. The number of aliphatic hydroxyl groups is 1. The monoisotopic (exact) mass is 220 g/mol. The van der Waals surface area contributed by atoms with E-state index < -0.39 is 0 Å². The number of hydrogen-bond donors (Lipinski definition) is 2. The van der Waals surface area contributed by atoms with Crippen molar-refractivity contribution in [3.05, 3.63) is 35.9 Å². The number of benzene rings is 1. The first-order chi connectivity index (χ1) is 7.81. The molecule has 1 aromatic carbocycles. The minimum absolute atomic E-state index is 0.00230. The Bertz CT molecular complexity index is 353. The van der Waals surface area contributed by atoms with E-state index in [-0.39, 0.29) is 18.7 Å². The number of nitrogens with one attached hydrogen (secondary N) is 1. The van der Waals surface area contributed by atoms with Gasteiger partial charge in [0.05, 0.1) is 12.6 Å². The highest BCUT2D eigenvalue weighted by molar-refractivity contribution is 5.76. The molecule has 1 aliphatic heterocycles. The molecule has 0 bridgehead atoms. The number of hydrogen-bond acceptors (Lipinski definition) is 2. The zero-order valence-electron chi connectivity index (χ0n) is 9.10. The van der Waals surface area contributed by atoms with Gasteiger partial charge in [0.2, 0.25) is 0 Å². The summed E-state index contributed by atoms with van der Waals surface area (Å²) >= 11 is 0. The Kier molecular flexibility index (Phi) is 3.41.